The van der Waals surface area contributed by atoms with Gasteiger partial charge >= 0.3 is 0 Å². The van der Waals surface area contributed by atoms with Crippen LogP contribution in [0.1, 0.15) is 37.5 Å². The van der Waals surface area contributed by atoms with Gasteiger partial charge in [0.1, 0.15) is 18.2 Å². The van der Waals surface area contributed by atoms with Crippen molar-refractivity contribution in [1.82, 2.24) is 0 Å². The van der Waals surface area contributed by atoms with Crippen LogP contribution >= 0.6 is 0 Å². The topological polar surface area (TPSA) is 35.2 Å². The molecule has 0 unspecified atom stereocenters. The van der Waals surface area contributed by atoms with Gasteiger partial charge in [-0.25, -0.2) is 4.39 Å². The summed E-state index contributed by atoms with van der Waals surface area (Å²) < 4.78 is 19.1. The van der Waals surface area contributed by atoms with Crippen molar-refractivity contribution in [1.29, 1.82) is 0 Å². The molecule has 2 aromatic carbocycles. The first-order chi connectivity index (χ1) is 9.90. The Morgan fingerprint density at radius 2 is 1.81 bits per heavy atom. The van der Waals surface area contributed by atoms with Crippen molar-refractivity contribution in [3.63, 3.8) is 0 Å². The lowest BCUT2D eigenvalue weighted by molar-refractivity contribution is 0.303. The molecule has 0 aliphatic carbocycles. The molecule has 0 aliphatic heterocycles. The van der Waals surface area contributed by atoms with Crippen molar-refractivity contribution >= 4 is 0 Å². The van der Waals surface area contributed by atoms with Crippen LogP contribution in [0.2, 0.25) is 0 Å². The van der Waals surface area contributed by atoms with Crippen molar-refractivity contribution in [2.24, 2.45) is 5.73 Å². The summed E-state index contributed by atoms with van der Waals surface area (Å²) in [4.78, 5) is 0. The molecule has 3 heteroatoms. The van der Waals surface area contributed by atoms with Crippen molar-refractivity contribution < 1.29 is 9.13 Å². The minimum atomic E-state index is -0.269. The minimum Gasteiger partial charge on any atom is -0.489 e. The van der Waals surface area contributed by atoms with E-state index in [1.165, 1.54) is 17.7 Å². The summed E-state index contributed by atoms with van der Waals surface area (Å²) in [6.07, 6.45) is 0. The van der Waals surface area contributed by atoms with Gasteiger partial charge in [-0.1, -0.05) is 39.0 Å². The van der Waals surface area contributed by atoms with Crippen LogP contribution in [-0.4, -0.2) is 0 Å². The average Bonchev–Trinajstić information content (AvgIpc) is 2.45. The van der Waals surface area contributed by atoms with Crippen LogP contribution in [0.5, 0.6) is 5.75 Å². The van der Waals surface area contributed by atoms with Crippen LogP contribution in [0.3, 0.4) is 0 Å². The van der Waals surface area contributed by atoms with Crippen molar-refractivity contribution in [2.45, 2.75) is 39.3 Å². The minimum absolute atomic E-state index is 0.0701. The van der Waals surface area contributed by atoms with Gasteiger partial charge in [0.05, 0.1) is 0 Å². The molecule has 112 valence electrons. The number of hydrogen-bond acceptors (Lipinski definition) is 2. The van der Waals surface area contributed by atoms with Crippen LogP contribution in [0.25, 0.3) is 0 Å². The number of benzene rings is 2. The van der Waals surface area contributed by atoms with E-state index in [1.807, 2.05) is 18.2 Å². The molecule has 0 aromatic heterocycles. The molecule has 0 fully saturated rings. The molecular weight excluding hydrogens is 265 g/mol. The highest BCUT2D eigenvalue weighted by Gasteiger charge is 2.14. The maximum absolute atomic E-state index is 13.3. The van der Waals surface area contributed by atoms with E-state index in [9.17, 15) is 4.39 Å². The molecule has 0 saturated heterocycles. The largest absolute Gasteiger partial charge is 0.489 e. The van der Waals surface area contributed by atoms with E-state index in [0.29, 0.717) is 13.2 Å². The molecule has 2 rings (SSSR count). The molecule has 0 aliphatic rings. The van der Waals surface area contributed by atoms with Crippen LogP contribution < -0.4 is 10.5 Å². The normalized spacial score (nSPS) is 11.5. The Morgan fingerprint density at radius 3 is 2.48 bits per heavy atom. The highest BCUT2D eigenvalue weighted by atomic mass is 19.1. The van der Waals surface area contributed by atoms with E-state index in [-0.39, 0.29) is 11.2 Å². The first kappa shape index (κ1) is 15.5. The summed E-state index contributed by atoms with van der Waals surface area (Å²) in [6, 6.07) is 12.6. The molecule has 0 saturated carbocycles. The summed E-state index contributed by atoms with van der Waals surface area (Å²) in [5.74, 6) is 0.517. The maximum Gasteiger partial charge on any atom is 0.123 e. The van der Waals surface area contributed by atoms with Gasteiger partial charge in [0, 0.05) is 6.54 Å². The van der Waals surface area contributed by atoms with E-state index in [1.54, 1.807) is 6.07 Å². The molecule has 2 aromatic rings. The zero-order chi connectivity index (χ0) is 15.5. The smallest absolute Gasteiger partial charge is 0.123 e. The summed E-state index contributed by atoms with van der Waals surface area (Å²) in [5, 5.41) is 0. The van der Waals surface area contributed by atoms with Gasteiger partial charge in [-0.15, -0.1) is 0 Å². The molecule has 0 bridgehead atoms. The summed E-state index contributed by atoms with van der Waals surface area (Å²) >= 11 is 0. The Morgan fingerprint density at radius 1 is 1.05 bits per heavy atom. The van der Waals surface area contributed by atoms with E-state index < -0.39 is 0 Å². The highest BCUT2D eigenvalue weighted by molar-refractivity contribution is 5.33. The highest BCUT2D eigenvalue weighted by Crippen LogP contribution is 2.26. The van der Waals surface area contributed by atoms with E-state index in [2.05, 4.69) is 26.8 Å². The lowest BCUT2D eigenvalue weighted by atomic mass is 9.87. The number of ether oxygens (including phenoxy) is 1. The van der Waals surface area contributed by atoms with Crippen LogP contribution in [-0.2, 0) is 18.6 Å². The zero-order valence-corrected chi connectivity index (χ0v) is 12.8. The molecule has 0 spiro atoms. The average molecular weight is 287 g/mol. The second-order valence-corrected chi connectivity index (χ2v) is 6.18. The number of nitrogens with two attached hydrogens (primary N) is 1. The first-order valence-electron chi connectivity index (χ1n) is 7.11. The molecule has 0 heterocycles. The monoisotopic (exact) mass is 287 g/mol. The molecular formula is C18H22FNO. The van der Waals surface area contributed by atoms with E-state index >= 15 is 0 Å². The Kier molecular flexibility index (Phi) is 4.63. The second kappa shape index (κ2) is 6.27. The fraction of sp³-hybridized carbons (Fsp3) is 0.333. The van der Waals surface area contributed by atoms with Crippen LogP contribution in [0, 0.1) is 5.82 Å². The quantitative estimate of drug-likeness (QED) is 0.916. The standard InChI is InChI=1S/C18H22FNO/c1-18(2,3)15-5-4-6-17(10-15)21-12-14-9-16(19)8-7-13(14)11-20/h4-10H,11-12,20H2,1-3H3. The molecule has 0 atom stereocenters. The van der Waals surface area contributed by atoms with Crippen LogP contribution in [0.15, 0.2) is 42.5 Å². The molecule has 0 radical (unpaired) electrons. The van der Waals surface area contributed by atoms with Gasteiger partial charge in [0.2, 0.25) is 0 Å². The summed E-state index contributed by atoms with van der Waals surface area (Å²) in [7, 11) is 0. The van der Waals surface area contributed by atoms with Gasteiger partial charge in [-0.3, -0.25) is 0 Å². The van der Waals surface area contributed by atoms with Crippen molar-refractivity contribution in [2.75, 3.05) is 0 Å². The molecule has 2 nitrogen and oxygen atoms in total. The summed E-state index contributed by atoms with van der Waals surface area (Å²) in [5.41, 5.74) is 8.65. The first-order valence-corrected chi connectivity index (χ1v) is 7.11. The third-order valence-electron chi connectivity index (χ3n) is 3.48. The van der Waals surface area contributed by atoms with E-state index in [4.69, 9.17) is 10.5 Å². The molecule has 0 amide bonds. The van der Waals surface area contributed by atoms with E-state index in [0.717, 1.165) is 16.9 Å². The number of halogens is 1. The molecule has 2 N–H and O–H groups in total. The second-order valence-electron chi connectivity index (χ2n) is 6.18. The number of rotatable bonds is 4. The third kappa shape index (κ3) is 4.05. The predicted molar refractivity (Wildman–Crippen MR) is 83.8 cm³/mol. The SMILES string of the molecule is CC(C)(C)c1cccc(OCc2cc(F)ccc2CN)c1. The maximum atomic E-state index is 13.3. The lowest BCUT2D eigenvalue weighted by Crippen LogP contribution is -2.11. The van der Waals surface area contributed by atoms with Crippen molar-refractivity contribution in [3.8, 4) is 5.75 Å². The van der Waals surface area contributed by atoms with Crippen LogP contribution in [0.4, 0.5) is 4.39 Å². The Bertz CT molecular complexity index is 617. The number of hydrogen-bond donors (Lipinski definition) is 1. The fourth-order valence-corrected chi connectivity index (χ4v) is 2.14. The Labute approximate surface area is 125 Å². The Balaban J connectivity index is 2.15. The Hall–Kier alpha value is -1.87. The predicted octanol–water partition coefficient (Wildman–Crippen LogP) is 4.16. The van der Waals surface area contributed by atoms with Gasteiger partial charge in [0.15, 0.2) is 0 Å². The summed E-state index contributed by atoms with van der Waals surface area (Å²) in [6.45, 7) is 7.17. The lowest BCUT2D eigenvalue weighted by Gasteiger charge is -2.20. The fourth-order valence-electron chi connectivity index (χ4n) is 2.14. The van der Waals surface area contributed by atoms with Gasteiger partial charge in [-0.2, -0.15) is 0 Å². The van der Waals surface area contributed by atoms with Gasteiger partial charge in [-0.05, 0) is 46.4 Å². The van der Waals surface area contributed by atoms with Gasteiger partial charge < -0.3 is 10.5 Å². The van der Waals surface area contributed by atoms with Gasteiger partial charge in [0.25, 0.3) is 0 Å². The van der Waals surface area contributed by atoms with Crippen molar-refractivity contribution in [3.05, 3.63) is 65.0 Å². The molecule has 21 heavy (non-hydrogen) atoms. The zero-order valence-electron chi connectivity index (χ0n) is 12.8. The third-order valence-corrected chi connectivity index (χ3v) is 3.48.